The van der Waals surface area contributed by atoms with Crippen LogP contribution in [0, 0.1) is 5.92 Å². The number of methoxy groups -OCH3 is 1. The van der Waals surface area contributed by atoms with Crippen LogP contribution in [-0.4, -0.2) is 46.7 Å². The molecule has 108 valence electrons. The lowest BCUT2D eigenvalue weighted by Crippen LogP contribution is -2.29. The summed E-state index contributed by atoms with van der Waals surface area (Å²) in [7, 11) is -1.30. The number of hydrogen-bond acceptors (Lipinski definition) is 4. The molecule has 1 fully saturated rings. The maximum absolute atomic E-state index is 11.7. The molecular formula is C13H27NO3S. The maximum atomic E-state index is 11.7. The van der Waals surface area contributed by atoms with Crippen molar-refractivity contribution in [2.24, 2.45) is 5.92 Å². The second kappa shape index (κ2) is 8.88. The van der Waals surface area contributed by atoms with Gasteiger partial charge in [-0.05, 0) is 31.7 Å². The minimum Gasteiger partial charge on any atom is -0.385 e. The van der Waals surface area contributed by atoms with Gasteiger partial charge in [0.1, 0.15) is 0 Å². The van der Waals surface area contributed by atoms with Crippen LogP contribution in [0.25, 0.3) is 0 Å². The van der Waals surface area contributed by atoms with E-state index >= 15 is 0 Å². The fourth-order valence-corrected chi connectivity index (χ4v) is 3.67. The van der Waals surface area contributed by atoms with Crippen molar-refractivity contribution in [3.05, 3.63) is 0 Å². The van der Waals surface area contributed by atoms with Crippen molar-refractivity contribution in [1.82, 2.24) is 5.32 Å². The number of rotatable bonds is 9. The van der Waals surface area contributed by atoms with Gasteiger partial charge in [-0.2, -0.15) is 0 Å². The van der Waals surface area contributed by atoms with Crippen molar-refractivity contribution in [3.63, 3.8) is 0 Å². The molecule has 0 aromatic heterocycles. The summed E-state index contributed by atoms with van der Waals surface area (Å²) in [5.74, 6) is 1.25. The van der Waals surface area contributed by atoms with Crippen molar-refractivity contribution >= 4 is 9.84 Å². The fourth-order valence-electron chi connectivity index (χ4n) is 2.45. The first-order chi connectivity index (χ1) is 8.64. The number of nitrogens with one attached hydrogen (secondary N) is 1. The quantitative estimate of drug-likeness (QED) is 0.651. The molecule has 1 aliphatic carbocycles. The van der Waals surface area contributed by atoms with Crippen LogP contribution in [0.5, 0.6) is 0 Å². The van der Waals surface area contributed by atoms with Gasteiger partial charge in [0.25, 0.3) is 0 Å². The second-order valence-electron chi connectivity index (χ2n) is 5.21. The van der Waals surface area contributed by atoms with Gasteiger partial charge in [-0.3, -0.25) is 0 Å². The highest BCUT2D eigenvalue weighted by atomic mass is 32.2. The highest BCUT2D eigenvalue weighted by molar-refractivity contribution is 7.91. The van der Waals surface area contributed by atoms with Crippen LogP contribution in [0.15, 0.2) is 0 Å². The Morgan fingerprint density at radius 2 is 1.89 bits per heavy atom. The molecule has 5 heteroatoms. The summed E-state index contributed by atoms with van der Waals surface area (Å²) in [4.78, 5) is 0. The average molecular weight is 277 g/mol. The first kappa shape index (κ1) is 15.9. The predicted molar refractivity (Wildman–Crippen MR) is 74.6 cm³/mol. The van der Waals surface area contributed by atoms with Crippen molar-refractivity contribution in [2.45, 2.75) is 38.5 Å². The minimum absolute atomic E-state index is 0.242. The van der Waals surface area contributed by atoms with Gasteiger partial charge in [-0.1, -0.05) is 19.3 Å². The molecular weight excluding hydrogens is 250 g/mol. The molecule has 0 bridgehead atoms. The van der Waals surface area contributed by atoms with Crippen molar-refractivity contribution in [3.8, 4) is 0 Å². The molecule has 0 unspecified atom stereocenters. The van der Waals surface area contributed by atoms with Crippen LogP contribution in [0.1, 0.15) is 38.5 Å². The van der Waals surface area contributed by atoms with E-state index in [1.54, 1.807) is 7.11 Å². The molecule has 0 aromatic rings. The topological polar surface area (TPSA) is 55.4 Å². The number of ether oxygens (including phenoxy) is 1. The van der Waals surface area contributed by atoms with Crippen molar-refractivity contribution in [1.29, 1.82) is 0 Å². The van der Waals surface area contributed by atoms with Gasteiger partial charge in [-0.15, -0.1) is 0 Å². The fraction of sp³-hybridized carbons (Fsp3) is 1.00. The van der Waals surface area contributed by atoms with E-state index in [4.69, 9.17) is 4.74 Å². The molecule has 0 saturated heterocycles. The second-order valence-corrected chi connectivity index (χ2v) is 7.51. The zero-order chi connectivity index (χ0) is 13.3. The Kier molecular flexibility index (Phi) is 7.86. The molecule has 1 aliphatic rings. The first-order valence-electron chi connectivity index (χ1n) is 7.04. The van der Waals surface area contributed by atoms with E-state index in [0.717, 1.165) is 12.5 Å². The van der Waals surface area contributed by atoms with E-state index in [0.29, 0.717) is 19.6 Å². The number of sulfone groups is 1. The molecule has 0 aliphatic heterocycles. The van der Waals surface area contributed by atoms with Crippen LogP contribution in [-0.2, 0) is 14.6 Å². The van der Waals surface area contributed by atoms with Gasteiger partial charge in [-0.25, -0.2) is 8.42 Å². The SMILES string of the molecule is COCCCS(=O)(=O)CCNCC1CCCCC1. The van der Waals surface area contributed by atoms with Gasteiger partial charge in [0, 0.05) is 20.3 Å². The predicted octanol–water partition coefficient (Wildman–Crippen LogP) is 1.61. The van der Waals surface area contributed by atoms with E-state index < -0.39 is 9.84 Å². The van der Waals surface area contributed by atoms with Crippen LogP contribution in [0.3, 0.4) is 0 Å². The van der Waals surface area contributed by atoms with E-state index in [1.165, 1.54) is 32.1 Å². The monoisotopic (exact) mass is 277 g/mol. The minimum atomic E-state index is -2.90. The molecule has 18 heavy (non-hydrogen) atoms. The summed E-state index contributed by atoms with van der Waals surface area (Å²) < 4.78 is 28.2. The molecule has 1 saturated carbocycles. The van der Waals surface area contributed by atoms with E-state index in [9.17, 15) is 8.42 Å². The standard InChI is InChI=1S/C13H27NO3S/c1-17-9-5-10-18(15,16)11-8-14-12-13-6-3-2-4-7-13/h13-14H,2-12H2,1H3. The zero-order valence-corrected chi connectivity index (χ0v) is 12.3. The van der Waals surface area contributed by atoms with Gasteiger partial charge in [0.05, 0.1) is 11.5 Å². The van der Waals surface area contributed by atoms with Crippen molar-refractivity contribution < 1.29 is 13.2 Å². The normalized spacial score (nSPS) is 18.1. The van der Waals surface area contributed by atoms with Crippen LogP contribution < -0.4 is 5.32 Å². The lowest BCUT2D eigenvalue weighted by Gasteiger charge is -2.21. The van der Waals surface area contributed by atoms with Crippen LogP contribution >= 0.6 is 0 Å². The van der Waals surface area contributed by atoms with E-state index in [2.05, 4.69) is 5.32 Å². The zero-order valence-electron chi connectivity index (χ0n) is 11.5. The Hall–Kier alpha value is -0.130. The lowest BCUT2D eigenvalue weighted by atomic mass is 9.89. The highest BCUT2D eigenvalue weighted by Crippen LogP contribution is 2.22. The third kappa shape index (κ3) is 7.34. The molecule has 0 atom stereocenters. The maximum Gasteiger partial charge on any atom is 0.151 e. The van der Waals surface area contributed by atoms with Crippen molar-refractivity contribution in [2.75, 3.05) is 38.3 Å². The van der Waals surface area contributed by atoms with E-state index in [1.807, 2.05) is 0 Å². The van der Waals surface area contributed by atoms with Gasteiger partial charge in [0.15, 0.2) is 9.84 Å². The molecule has 0 heterocycles. The number of hydrogen-bond donors (Lipinski definition) is 1. The highest BCUT2D eigenvalue weighted by Gasteiger charge is 2.14. The first-order valence-corrected chi connectivity index (χ1v) is 8.86. The Labute approximate surface area is 111 Å². The van der Waals surface area contributed by atoms with Gasteiger partial charge in [0.2, 0.25) is 0 Å². The van der Waals surface area contributed by atoms with Gasteiger partial charge < -0.3 is 10.1 Å². The summed E-state index contributed by atoms with van der Waals surface area (Å²) in [6.07, 6.45) is 7.23. The molecule has 0 radical (unpaired) electrons. The van der Waals surface area contributed by atoms with Gasteiger partial charge >= 0.3 is 0 Å². The molecule has 1 rings (SSSR count). The van der Waals surface area contributed by atoms with Crippen LogP contribution in [0.2, 0.25) is 0 Å². The Bertz CT molecular complexity index is 297. The Morgan fingerprint density at radius 3 is 2.56 bits per heavy atom. The summed E-state index contributed by atoms with van der Waals surface area (Å²) in [6.45, 7) is 2.09. The summed E-state index contributed by atoms with van der Waals surface area (Å²) in [5.41, 5.74) is 0. The molecule has 0 amide bonds. The summed E-state index contributed by atoms with van der Waals surface area (Å²) >= 11 is 0. The third-order valence-electron chi connectivity index (χ3n) is 3.55. The Balaban J connectivity index is 2.05. The largest absolute Gasteiger partial charge is 0.385 e. The molecule has 0 spiro atoms. The average Bonchev–Trinajstić information content (AvgIpc) is 2.36. The molecule has 4 nitrogen and oxygen atoms in total. The summed E-state index contributed by atoms with van der Waals surface area (Å²) in [6, 6.07) is 0. The molecule has 0 aromatic carbocycles. The molecule has 1 N–H and O–H groups in total. The van der Waals surface area contributed by atoms with Crippen LogP contribution in [0.4, 0.5) is 0 Å². The van der Waals surface area contributed by atoms with E-state index in [-0.39, 0.29) is 11.5 Å². The Morgan fingerprint density at radius 1 is 1.17 bits per heavy atom. The third-order valence-corrected chi connectivity index (χ3v) is 5.29. The smallest absolute Gasteiger partial charge is 0.151 e. The summed E-state index contributed by atoms with van der Waals surface area (Å²) in [5, 5.41) is 3.29. The lowest BCUT2D eigenvalue weighted by molar-refractivity contribution is 0.199.